The molecule has 0 radical (unpaired) electrons. The second-order valence-electron chi connectivity index (χ2n) is 10.2. The van der Waals surface area contributed by atoms with Crippen LogP contribution in [0.3, 0.4) is 0 Å². The summed E-state index contributed by atoms with van der Waals surface area (Å²) in [6, 6.07) is 9.11. The maximum absolute atomic E-state index is 12.8. The first-order chi connectivity index (χ1) is 16.2. The first kappa shape index (κ1) is 22.2. The molecule has 3 aromatic rings. The zero-order valence-corrected chi connectivity index (χ0v) is 19.7. The first-order valence-corrected chi connectivity index (χ1v) is 11.7. The highest BCUT2D eigenvalue weighted by Gasteiger charge is 2.56. The van der Waals surface area contributed by atoms with Gasteiger partial charge in [-0.2, -0.15) is 5.10 Å². The zero-order chi connectivity index (χ0) is 24.2. The summed E-state index contributed by atoms with van der Waals surface area (Å²) in [5.74, 6) is 0.299. The molecule has 1 unspecified atom stereocenters. The molecular weight excluding hydrogens is 432 g/mol. The van der Waals surface area contributed by atoms with Gasteiger partial charge in [-0.05, 0) is 63.4 Å². The van der Waals surface area contributed by atoms with Crippen LogP contribution < -0.4 is 16.8 Å². The van der Waals surface area contributed by atoms with Crippen molar-refractivity contribution >= 4 is 23.5 Å². The Morgan fingerprint density at radius 3 is 2.44 bits per heavy atom. The highest BCUT2D eigenvalue weighted by atomic mass is 16.5. The molecule has 9 heteroatoms. The van der Waals surface area contributed by atoms with E-state index >= 15 is 0 Å². The van der Waals surface area contributed by atoms with E-state index in [-0.39, 0.29) is 23.3 Å². The average Bonchev–Trinajstić information content (AvgIpc) is 3.33. The summed E-state index contributed by atoms with van der Waals surface area (Å²) in [5, 5.41) is 11.5. The van der Waals surface area contributed by atoms with Gasteiger partial charge >= 0.3 is 0 Å². The molecule has 3 aliphatic carbocycles. The number of hydrogen-bond acceptors (Lipinski definition) is 6. The Balaban J connectivity index is 1.28. The fraction of sp³-hybridized carbons (Fsp3) is 0.440. The van der Waals surface area contributed by atoms with Crippen LogP contribution in [0.1, 0.15) is 73.6 Å². The van der Waals surface area contributed by atoms with Crippen molar-refractivity contribution < 1.29 is 14.1 Å². The Labute approximate surface area is 197 Å². The molecule has 6 rings (SSSR count). The molecule has 9 nitrogen and oxygen atoms in total. The summed E-state index contributed by atoms with van der Waals surface area (Å²) in [4.78, 5) is 24.8. The van der Waals surface area contributed by atoms with Crippen molar-refractivity contribution in [3.8, 4) is 11.3 Å². The minimum Gasteiger partial charge on any atom is -0.383 e. The topological polar surface area (TPSA) is 142 Å². The second-order valence-corrected chi connectivity index (χ2v) is 10.2. The standard InChI is InChI=1S/C25H30N6O3/c1-13(2)31-22(26)20(23(27)32)21(29-31)17-6-4-16(5-7-17)14(3)24(33)28-19-8-18(30-34-19)12-25-9-15(10-25)11-25/h4-8,13-15H,9-12,26H2,1-3H3,(H2,27,32)(H,28,33). The Morgan fingerprint density at radius 1 is 1.21 bits per heavy atom. The molecule has 0 spiro atoms. The molecule has 178 valence electrons. The molecule has 2 heterocycles. The molecule has 3 aliphatic rings. The molecule has 2 aromatic heterocycles. The number of nitrogens with one attached hydrogen (secondary N) is 1. The zero-order valence-electron chi connectivity index (χ0n) is 19.7. The first-order valence-electron chi connectivity index (χ1n) is 11.7. The SMILES string of the molecule is CC(C(=O)Nc1cc(CC23CC(C2)C3)no1)c1ccc(-c2nn(C(C)C)c(N)c2C(N)=O)cc1. The van der Waals surface area contributed by atoms with Gasteiger partial charge in [0.05, 0.1) is 11.6 Å². The number of carbonyl (C=O) groups excluding carboxylic acids is 2. The molecule has 3 fully saturated rings. The van der Waals surface area contributed by atoms with Crippen molar-refractivity contribution in [3.05, 3.63) is 47.2 Å². The normalized spacial score (nSPS) is 21.6. The maximum Gasteiger partial charge on any atom is 0.254 e. The number of nitrogen functional groups attached to an aromatic ring is 1. The van der Waals surface area contributed by atoms with Crippen molar-refractivity contribution in [2.75, 3.05) is 11.1 Å². The number of nitrogens with two attached hydrogens (primary N) is 2. The smallest absolute Gasteiger partial charge is 0.254 e. The minimum absolute atomic E-state index is 0.0227. The van der Waals surface area contributed by atoms with Crippen LogP contribution in [-0.4, -0.2) is 26.8 Å². The van der Waals surface area contributed by atoms with Gasteiger partial charge in [0, 0.05) is 17.7 Å². The molecule has 2 amide bonds. The fourth-order valence-electron chi connectivity index (χ4n) is 5.31. The van der Waals surface area contributed by atoms with Gasteiger partial charge in [-0.25, -0.2) is 4.68 Å². The van der Waals surface area contributed by atoms with Crippen LogP contribution in [0.25, 0.3) is 11.3 Å². The van der Waals surface area contributed by atoms with E-state index in [4.69, 9.17) is 16.0 Å². The third-order valence-electron chi connectivity index (χ3n) is 7.29. The van der Waals surface area contributed by atoms with Gasteiger partial charge in [0.15, 0.2) is 0 Å². The van der Waals surface area contributed by atoms with E-state index in [1.54, 1.807) is 4.68 Å². The van der Waals surface area contributed by atoms with Gasteiger partial charge < -0.3 is 16.0 Å². The van der Waals surface area contributed by atoms with Gasteiger partial charge in [-0.15, -0.1) is 0 Å². The van der Waals surface area contributed by atoms with E-state index in [1.165, 1.54) is 19.3 Å². The molecular formula is C25H30N6O3. The number of anilines is 2. The quantitative estimate of drug-likeness (QED) is 0.464. The monoisotopic (exact) mass is 462 g/mol. The van der Waals surface area contributed by atoms with E-state index < -0.39 is 11.8 Å². The molecule has 3 saturated carbocycles. The van der Waals surface area contributed by atoms with Gasteiger partial charge in [0.2, 0.25) is 11.8 Å². The number of aromatic nitrogens is 3. The average molecular weight is 463 g/mol. The molecule has 2 bridgehead atoms. The lowest BCUT2D eigenvalue weighted by molar-refractivity contribution is -0.117. The Kier molecular flexibility index (Phi) is 5.22. The number of primary amides is 1. The van der Waals surface area contributed by atoms with Crippen LogP contribution in [0.15, 0.2) is 34.9 Å². The van der Waals surface area contributed by atoms with E-state index in [1.807, 2.05) is 51.1 Å². The molecule has 34 heavy (non-hydrogen) atoms. The minimum atomic E-state index is -0.628. The van der Waals surface area contributed by atoms with Crippen molar-refractivity contribution in [1.82, 2.24) is 14.9 Å². The number of benzene rings is 1. The number of rotatable bonds is 8. The van der Waals surface area contributed by atoms with Crippen molar-refractivity contribution in [2.24, 2.45) is 17.1 Å². The molecule has 0 saturated heterocycles. The molecule has 0 aliphatic heterocycles. The van der Waals surface area contributed by atoms with Crippen LogP contribution in [-0.2, 0) is 11.2 Å². The van der Waals surface area contributed by atoms with Crippen LogP contribution in [0.2, 0.25) is 0 Å². The molecule has 5 N–H and O–H groups in total. The van der Waals surface area contributed by atoms with E-state index in [9.17, 15) is 9.59 Å². The van der Waals surface area contributed by atoms with Gasteiger partial charge in [0.25, 0.3) is 5.91 Å². The lowest BCUT2D eigenvalue weighted by Crippen LogP contribution is -2.52. The highest BCUT2D eigenvalue weighted by Crippen LogP contribution is 2.65. The summed E-state index contributed by atoms with van der Waals surface area (Å²) in [6.07, 6.45) is 4.80. The number of amides is 2. The summed E-state index contributed by atoms with van der Waals surface area (Å²) >= 11 is 0. The van der Waals surface area contributed by atoms with Gasteiger partial charge in [-0.3, -0.25) is 14.9 Å². The van der Waals surface area contributed by atoms with Gasteiger partial charge in [-0.1, -0.05) is 29.4 Å². The lowest BCUT2D eigenvalue weighted by atomic mass is 9.43. The predicted molar refractivity (Wildman–Crippen MR) is 128 cm³/mol. The van der Waals surface area contributed by atoms with Gasteiger partial charge in [0.1, 0.15) is 17.1 Å². The summed E-state index contributed by atoms with van der Waals surface area (Å²) < 4.78 is 6.93. The van der Waals surface area contributed by atoms with Crippen LogP contribution >= 0.6 is 0 Å². The highest BCUT2D eigenvalue weighted by molar-refractivity contribution is 6.03. The fourth-order valence-corrected chi connectivity index (χ4v) is 5.31. The Bertz CT molecular complexity index is 1240. The maximum atomic E-state index is 12.8. The largest absolute Gasteiger partial charge is 0.383 e. The van der Waals surface area contributed by atoms with E-state index in [2.05, 4.69) is 15.6 Å². The second kappa shape index (κ2) is 8.00. The predicted octanol–water partition coefficient (Wildman–Crippen LogP) is 3.88. The third kappa shape index (κ3) is 3.74. The summed E-state index contributed by atoms with van der Waals surface area (Å²) in [7, 11) is 0. The van der Waals surface area contributed by atoms with E-state index in [0.29, 0.717) is 22.6 Å². The number of carbonyl (C=O) groups is 2. The van der Waals surface area contributed by atoms with Crippen molar-refractivity contribution in [3.63, 3.8) is 0 Å². The number of nitrogens with zero attached hydrogens (tertiary/aromatic N) is 3. The van der Waals surface area contributed by atoms with Crippen molar-refractivity contribution in [2.45, 2.75) is 58.4 Å². The summed E-state index contributed by atoms with van der Waals surface area (Å²) in [6.45, 7) is 5.67. The third-order valence-corrected chi connectivity index (χ3v) is 7.29. The molecule has 1 atom stereocenters. The van der Waals surface area contributed by atoms with Crippen LogP contribution in [0.4, 0.5) is 11.7 Å². The lowest BCUT2D eigenvalue weighted by Gasteiger charge is -2.62. The van der Waals surface area contributed by atoms with E-state index in [0.717, 1.165) is 23.6 Å². The number of hydrogen-bond donors (Lipinski definition) is 3. The Hall–Kier alpha value is -3.62. The van der Waals surface area contributed by atoms with Crippen LogP contribution in [0.5, 0.6) is 0 Å². The molecule has 1 aromatic carbocycles. The van der Waals surface area contributed by atoms with Crippen LogP contribution in [0, 0.1) is 11.3 Å². The Morgan fingerprint density at radius 2 is 1.88 bits per heavy atom. The van der Waals surface area contributed by atoms with Crippen molar-refractivity contribution in [1.29, 1.82) is 0 Å². The summed E-state index contributed by atoms with van der Waals surface area (Å²) in [5.41, 5.74) is 15.2.